The molecule has 0 saturated carbocycles. The summed E-state index contributed by atoms with van der Waals surface area (Å²) in [6.07, 6.45) is -1.29. The molecule has 0 spiro atoms. The van der Waals surface area contributed by atoms with Crippen LogP contribution >= 0.6 is 0 Å². The largest absolute Gasteiger partial charge is 0.419 e. The third-order valence-corrected chi connectivity index (χ3v) is 7.11. The first-order valence-electron chi connectivity index (χ1n) is 9.97. The molecule has 0 aliphatic carbocycles. The predicted octanol–water partition coefficient (Wildman–Crippen LogP) is 3.65. The molecule has 1 atom stereocenters. The average molecular weight is 500 g/mol. The summed E-state index contributed by atoms with van der Waals surface area (Å²) in [5.74, 6) is -3.65. The maximum absolute atomic E-state index is 14.6. The number of alkyl halides is 3. The van der Waals surface area contributed by atoms with E-state index in [4.69, 9.17) is 0 Å². The highest BCUT2D eigenvalue weighted by atomic mass is 32.2. The summed E-state index contributed by atoms with van der Waals surface area (Å²) in [6, 6.07) is 3.56. The highest BCUT2D eigenvalue weighted by Crippen LogP contribution is 2.32. The second-order valence-corrected chi connectivity index (χ2v) is 10.1. The standard InChI is InChI=1S/C21H17F5N4O3S/c22-16-7-14(29-18(31)6-12-2-1-3-15(19(12)23)21(24,25)26)8-27-20(16)30-9-17(28-11-30)13-4-5-34(32,33)10-13/h1-3,7-9,11,13H,4-6,10H2,(H,29,31)/t13-/m1/s1. The molecule has 4 rings (SSSR count). The van der Waals surface area contributed by atoms with Crippen LogP contribution in [0.25, 0.3) is 5.82 Å². The van der Waals surface area contributed by atoms with Crippen LogP contribution in [0.1, 0.15) is 29.2 Å². The number of pyridine rings is 1. The van der Waals surface area contributed by atoms with Crippen LogP contribution in [0.4, 0.5) is 27.6 Å². The van der Waals surface area contributed by atoms with Crippen LogP contribution in [0, 0.1) is 11.6 Å². The van der Waals surface area contributed by atoms with Crippen molar-refractivity contribution in [2.45, 2.75) is 24.9 Å². The van der Waals surface area contributed by atoms with Gasteiger partial charge in [0.15, 0.2) is 21.5 Å². The van der Waals surface area contributed by atoms with Gasteiger partial charge >= 0.3 is 6.18 Å². The van der Waals surface area contributed by atoms with Gasteiger partial charge in [-0.3, -0.25) is 9.36 Å². The van der Waals surface area contributed by atoms with Crippen molar-refractivity contribution in [1.82, 2.24) is 14.5 Å². The Kier molecular flexibility index (Phi) is 6.14. The molecule has 1 amide bonds. The van der Waals surface area contributed by atoms with Crippen molar-refractivity contribution in [2.24, 2.45) is 0 Å². The molecule has 0 bridgehead atoms. The lowest BCUT2D eigenvalue weighted by Gasteiger charge is -2.11. The van der Waals surface area contributed by atoms with Gasteiger partial charge in [0.1, 0.15) is 12.1 Å². The normalized spacial score (nSPS) is 17.6. The minimum Gasteiger partial charge on any atom is -0.324 e. The smallest absolute Gasteiger partial charge is 0.324 e. The van der Waals surface area contributed by atoms with E-state index in [0.29, 0.717) is 18.2 Å². The van der Waals surface area contributed by atoms with E-state index in [-0.39, 0.29) is 28.9 Å². The van der Waals surface area contributed by atoms with Crippen molar-refractivity contribution in [1.29, 1.82) is 0 Å². The number of halogens is 5. The van der Waals surface area contributed by atoms with Crippen LogP contribution in [-0.4, -0.2) is 40.4 Å². The van der Waals surface area contributed by atoms with Gasteiger partial charge in [-0.05, 0) is 18.1 Å². The fourth-order valence-electron chi connectivity index (χ4n) is 3.70. The molecular weight excluding hydrogens is 483 g/mol. The molecule has 0 unspecified atom stereocenters. The molecule has 7 nitrogen and oxygen atoms in total. The van der Waals surface area contributed by atoms with Gasteiger partial charge in [-0.15, -0.1) is 0 Å². The average Bonchev–Trinajstić information content (AvgIpc) is 3.35. The van der Waals surface area contributed by atoms with Crippen LogP contribution in [0.15, 0.2) is 43.0 Å². The summed E-state index contributed by atoms with van der Waals surface area (Å²) in [4.78, 5) is 20.3. The zero-order valence-electron chi connectivity index (χ0n) is 17.3. The third-order valence-electron chi connectivity index (χ3n) is 5.34. The van der Waals surface area contributed by atoms with Gasteiger partial charge in [-0.1, -0.05) is 12.1 Å². The Bertz CT molecular complexity index is 1350. The van der Waals surface area contributed by atoms with Crippen molar-refractivity contribution >= 4 is 21.4 Å². The first-order chi connectivity index (χ1) is 15.9. The number of rotatable bonds is 5. The lowest BCUT2D eigenvalue weighted by molar-refractivity contribution is -0.140. The summed E-state index contributed by atoms with van der Waals surface area (Å²) in [5.41, 5.74) is -1.54. The van der Waals surface area contributed by atoms with Crippen molar-refractivity contribution in [3.05, 3.63) is 71.4 Å². The number of carbonyl (C=O) groups is 1. The Hall–Kier alpha value is -3.35. The number of nitrogens with one attached hydrogen (secondary N) is 1. The molecule has 1 aliphatic heterocycles. The van der Waals surface area contributed by atoms with Gasteiger partial charge in [0.05, 0.1) is 41.1 Å². The summed E-state index contributed by atoms with van der Waals surface area (Å²) in [5, 5.41) is 2.27. The molecule has 0 radical (unpaired) electrons. The molecule has 180 valence electrons. The molecule has 34 heavy (non-hydrogen) atoms. The highest BCUT2D eigenvalue weighted by molar-refractivity contribution is 7.91. The lowest BCUT2D eigenvalue weighted by Crippen LogP contribution is -2.17. The predicted molar refractivity (Wildman–Crippen MR) is 111 cm³/mol. The Morgan fingerprint density at radius 3 is 2.62 bits per heavy atom. The number of carbonyl (C=O) groups excluding carboxylic acids is 1. The zero-order chi connectivity index (χ0) is 24.7. The van der Waals surface area contributed by atoms with Gasteiger partial charge in [0.2, 0.25) is 5.91 Å². The minimum atomic E-state index is -4.90. The maximum Gasteiger partial charge on any atom is 0.419 e. The highest BCUT2D eigenvalue weighted by Gasteiger charge is 2.35. The topological polar surface area (TPSA) is 93.9 Å². The van der Waals surface area contributed by atoms with Crippen LogP contribution in [0.3, 0.4) is 0 Å². The van der Waals surface area contributed by atoms with Gasteiger partial charge in [-0.2, -0.15) is 13.2 Å². The van der Waals surface area contributed by atoms with E-state index >= 15 is 0 Å². The van der Waals surface area contributed by atoms with Gasteiger partial charge in [0.25, 0.3) is 0 Å². The molecular formula is C21H17F5N4O3S. The van der Waals surface area contributed by atoms with Crippen molar-refractivity contribution in [2.75, 3.05) is 16.8 Å². The third kappa shape index (κ3) is 5.08. The molecule has 2 aromatic heterocycles. The molecule has 1 N–H and O–H groups in total. The zero-order valence-corrected chi connectivity index (χ0v) is 18.1. The van der Waals surface area contributed by atoms with Crippen molar-refractivity contribution < 1.29 is 35.2 Å². The van der Waals surface area contributed by atoms with Crippen molar-refractivity contribution in [3.8, 4) is 5.82 Å². The summed E-state index contributed by atoms with van der Waals surface area (Å²) in [7, 11) is -3.12. The molecule has 13 heteroatoms. The lowest BCUT2D eigenvalue weighted by atomic mass is 10.1. The second-order valence-electron chi connectivity index (χ2n) is 7.84. The number of amides is 1. The van der Waals surface area contributed by atoms with Gasteiger partial charge in [0, 0.05) is 18.2 Å². The van der Waals surface area contributed by atoms with Crippen LogP contribution in [0.2, 0.25) is 0 Å². The van der Waals surface area contributed by atoms with E-state index in [1.165, 1.54) is 17.1 Å². The SMILES string of the molecule is O=C(Cc1cccc(C(F)(F)F)c1F)Nc1cnc(-n2cnc([C@@H]3CCS(=O)(=O)C3)c2)c(F)c1. The summed E-state index contributed by atoms with van der Waals surface area (Å²) in [6.45, 7) is 0. The number of benzene rings is 1. The number of aromatic nitrogens is 3. The molecule has 1 fully saturated rings. The number of hydrogen-bond acceptors (Lipinski definition) is 5. The number of nitrogens with zero attached hydrogens (tertiary/aromatic N) is 3. The molecule has 3 heterocycles. The number of sulfone groups is 1. The fraction of sp³-hybridized carbons (Fsp3) is 0.286. The fourth-order valence-corrected chi connectivity index (χ4v) is 5.46. The molecule has 1 saturated heterocycles. The Morgan fingerprint density at radius 1 is 1.21 bits per heavy atom. The van der Waals surface area contributed by atoms with Crippen molar-refractivity contribution in [3.63, 3.8) is 0 Å². The van der Waals surface area contributed by atoms with Crippen LogP contribution in [0.5, 0.6) is 0 Å². The van der Waals surface area contributed by atoms with E-state index in [0.717, 1.165) is 24.4 Å². The number of hydrogen-bond donors (Lipinski definition) is 1. The Balaban J connectivity index is 1.46. The van der Waals surface area contributed by atoms with Gasteiger partial charge in [-0.25, -0.2) is 27.2 Å². The van der Waals surface area contributed by atoms with Crippen LogP contribution in [-0.2, 0) is 27.2 Å². The van der Waals surface area contributed by atoms with E-state index in [2.05, 4.69) is 15.3 Å². The summed E-state index contributed by atoms with van der Waals surface area (Å²) >= 11 is 0. The van der Waals surface area contributed by atoms with E-state index in [9.17, 15) is 35.2 Å². The maximum atomic E-state index is 14.6. The monoisotopic (exact) mass is 500 g/mol. The molecule has 3 aromatic rings. The van der Waals surface area contributed by atoms with E-state index < -0.39 is 51.1 Å². The number of imidazole rings is 1. The Labute approximate surface area is 190 Å². The first kappa shape index (κ1) is 23.8. The van der Waals surface area contributed by atoms with Crippen LogP contribution < -0.4 is 5.32 Å². The van der Waals surface area contributed by atoms with E-state index in [1.54, 1.807) is 0 Å². The summed E-state index contributed by atoms with van der Waals surface area (Å²) < 4.78 is 91.8. The minimum absolute atomic E-state index is 0.0304. The first-order valence-corrected chi connectivity index (χ1v) is 11.8. The molecule has 1 aromatic carbocycles. The Morgan fingerprint density at radius 2 is 1.97 bits per heavy atom. The molecule has 1 aliphatic rings. The second kappa shape index (κ2) is 8.78. The van der Waals surface area contributed by atoms with E-state index in [1.807, 2.05) is 0 Å². The quantitative estimate of drug-likeness (QED) is 0.540. The number of anilines is 1. The van der Waals surface area contributed by atoms with Gasteiger partial charge < -0.3 is 5.32 Å².